The summed E-state index contributed by atoms with van der Waals surface area (Å²) in [6.07, 6.45) is 5.72. The van der Waals surface area contributed by atoms with Crippen LogP contribution in [-0.4, -0.2) is 41.7 Å². The van der Waals surface area contributed by atoms with Crippen LogP contribution in [0.25, 0.3) is 0 Å². The Hall–Kier alpha value is -1.30. The van der Waals surface area contributed by atoms with Gasteiger partial charge in [0.05, 0.1) is 12.0 Å². The molecule has 25 heavy (non-hydrogen) atoms. The SMILES string of the molecule is CCNC(=O)[C@H](C)NC(=O)CNC(=O)C12C[C@@H]3C[C@@H](CC(Cl)(C3)C1)C2. The van der Waals surface area contributed by atoms with Crippen molar-refractivity contribution in [3.63, 3.8) is 0 Å². The van der Waals surface area contributed by atoms with Crippen molar-refractivity contribution < 1.29 is 14.4 Å². The number of carbonyl (C=O) groups excluding carboxylic acids is 3. The summed E-state index contributed by atoms with van der Waals surface area (Å²) in [5.41, 5.74) is -0.405. The van der Waals surface area contributed by atoms with E-state index in [1.54, 1.807) is 6.92 Å². The first-order chi connectivity index (χ1) is 11.8. The molecular weight excluding hydrogens is 342 g/mol. The first kappa shape index (κ1) is 18.5. The molecule has 0 saturated heterocycles. The predicted molar refractivity (Wildman–Crippen MR) is 95.0 cm³/mol. The molecule has 2 unspecified atom stereocenters. The van der Waals surface area contributed by atoms with Gasteiger partial charge in [-0.2, -0.15) is 0 Å². The number of halogens is 1. The summed E-state index contributed by atoms with van der Waals surface area (Å²) in [4.78, 5) is 36.3. The fourth-order valence-corrected chi connectivity index (χ4v) is 6.14. The lowest BCUT2D eigenvalue weighted by Gasteiger charge is -2.59. The summed E-state index contributed by atoms with van der Waals surface area (Å²) < 4.78 is 0. The van der Waals surface area contributed by atoms with E-state index in [-0.39, 0.29) is 29.1 Å². The molecule has 4 rings (SSSR count). The van der Waals surface area contributed by atoms with Crippen molar-refractivity contribution in [1.82, 2.24) is 16.0 Å². The monoisotopic (exact) mass is 369 g/mol. The minimum absolute atomic E-state index is 0.0487. The average molecular weight is 370 g/mol. The lowest BCUT2D eigenvalue weighted by atomic mass is 9.49. The molecule has 0 heterocycles. The van der Waals surface area contributed by atoms with Crippen LogP contribution in [0.1, 0.15) is 52.4 Å². The number of amides is 3. The van der Waals surface area contributed by atoms with E-state index in [1.165, 1.54) is 6.42 Å². The van der Waals surface area contributed by atoms with Crippen molar-refractivity contribution in [3.05, 3.63) is 0 Å². The maximum absolute atomic E-state index is 12.8. The van der Waals surface area contributed by atoms with Crippen molar-refractivity contribution in [2.45, 2.75) is 63.3 Å². The van der Waals surface area contributed by atoms with E-state index in [9.17, 15) is 14.4 Å². The zero-order valence-electron chi connectivity index (χ0n) is 15.0. The first-order valence-corrected chi connectivity index (χ1v) is 9.67. The van der Waals surface area contributed by atoms with Crippen LogP contribution in [0.2, 0.25) is 0 Å². The summed E-state index contributed by atoms with van der Waals surface area (Å²) >= 11 is 6.76. The molecule has 5 atom stereocenters. The molecule has 0 aromatic carbocycles. The summed E-state index contributed by atoms with van der Waals surface area (Å²) in [7, 11) is 0. The van der Waals surface area contributed by atoms with Crippen LogP contribution < -0.4 is 16.0 Å². The van der Waals surface area contributed by atoms with Gasteiger partial charge < -0.3 is 16.0 Å². The van der Waals surface area contributed by atoms with Crippen LogP contribution in [0.3, 0.4) is 0 Å². The summed E-state index contributed by atoms with van der Waals surface area (Å²) in [6.45, 7) is 3.86. The quantitative estimate of drug-likeness (QED) is 0.617. The van der Waals surface area contributed by atoms with Crippen molar-refractivity contribution in [1.29, 1.82) is 0 Å². The highest BCUT2D eigenvalue weighted by molar-refractivity contribution is 6.24. The van der Waals surface area contributed by atoms with Crippen molar-refractivity contribution >= 4 is 29.3 Å². The van der Waals surface area contributed by atoms with Crippen molar-refractivity contribution in [2.24, 2.45) is 17.3 Å². The fraction of sp³-hybridized carbons (Fsp3) is 0.833. The Bertz CT molecular complexity index is 566. The van der Waals surface area contributed by atoms with Gasteiger partial charge in [-0.05, 0) is 64.2 Å². The molecule has 0 aromatic heterocycles. The Morgan fingerprint density at radius 3 is 2.32 bits per heavy atom. The third-order valence-corrected chi connectivity index (χ3v) is 6.44. The lowest BCUT2D eigenvalue weighted by Crippen LogP contribution is -2.59. The predicted octanol–water partition coefficient (Wildman–Crippen LogP) is 1.32. The van der Waals surface area contributed by atoms with Gasteiger partial charge in [0.2, 0.25) is 17.7 Å². The van der Waals surface area contributed by atoms with Gasteiger partial charge in [-0.15, -0.1) is 11.6 Å². The molecule has 4 bridgehead atoms. The Balaban J connectivity index is 1.53. The number of carbonyl (C=O) groups is 3. The number of nitrogens with one attached hydrogen (secondary N) is 3. The van der Waals surface area contributed by atoms with E-state index < -0.39 is 11.5 Å². The molecule has 4 saturated carbocycles. The van der Waals surface area contributed by atoms with Crippen LogP contribution in [0.5, 0.6) is 0 Å². The van der Waals surface area contributed by atoms with Gasteiger partial charge in [0, 0.05) is 11.4 Å². The zero-order chi connectivity index (χ0) is 18.2. The van der Waals surface area contributed by atoms with Crippen LogP contribution in [0.15, 0.2) is 0 Å². The maximum Gasteiger partial charge on any atom is 0.242 e. The van der Waals surface area contributed by atoms with Crippen molar-refractivity contribution in [2.75, 3.05) is 13.1 Å². The van der Waals surface area contributed by atoms with Gasteiger partial charge in [0.25, 0.3) is 0 Å². The van der Waals surface area contributed by atoms with E-state index in [4.69, 9.17) is 11.6 Å². The molecule has 4 fully saturated rings. The molecule has 7 heteroatoms. The lowest BCUT2D eigenvalue weighted by molar-refractivity contribution is -0.145. The summed E-state index contributed by atoms with van der Waals surface area (Å²) in [5.74, 6) is 0.448. The largest absolute Gasteiger partial charge is 0.355 e. The molecule has 3 N–H and O–H groups in total. The van der Waals surface area contributed by atoms with Crippen LogP contribution >= 0.6 is 11.6 Å². The van der Waals surface area contributed by atoms with E-state index in [0.717, 1.165) is 32.1 Å². The minimum atomic E-state index is -0.616. The third-order valence-electron chi connectivity index (χ3n) is 6.00. The summed E-state index contributed by atoms with van der Waals surface area (Å²) in [5, 5.41) is 8.05. The van der Waals surface area contributed by atoms with E-state index >= 15 is 0 Å². The standard InChI is InChI=1S/C18H28ClN3O3/c1-3-20-15(24)11(2)22-14(23)9-21-16(25)17-5-12-4-13(6-17)8-18(19,7-12)10-17/h11-13H,3-10H2,1-2H3,(H,20,24)(H,21,25)(H,22,23)/t11-,12-,13+,17?,18?/m0/s1. The zero-order valence-corrected chi connectivity index (χ0v) is 15.7. The van der Waals surface area contributed by atoms with Gasteiger partial charge >= 0.3 is 0 Å². The minimum Gasteiger partial charge on any atom is -0.355 e. The van der Waals surface area contributed by atoms with Gasteiger partial charge in [-0.25, -0.2) is 0 Å². The number of rotatable bonds is 6. The highest BCUT2D eigenvalue weighted by atomic mass is 35.5. The molecular formula is C18H28ClN3O3. The highest BCUT2D eigenvalue weighted by Gasteiger charge is 2.60. The Morgan fingerprint density at radius 2 is 1.76 bits per heavy atom. The van der Waals surface area contributed by atoms with E-state index in [0.29, 0.717) is 18.4 Å². The smallest absolute Gasteiger partial charge is 0.242 e. The normalized spacial score (nSPS) is 36.6. The first-order valence-electron chi connectivity index (χ1n) is 9.29. The molecule has 0 aliphatic heterocycles. The number of hydrogen-bond acceptors (Lipinski definition) is 3. The highest BCUT2D eigenvalue weighted by Crippen LogP contribution is 2.63. The summed E-state index contributed by atoms with van der Waals surface area (Å²) in [6, 6.07) is -0.616. The van der Waals surface area contributed by atoms with E-state index in [1.807, 2.05) is 6.92 Å². The molecule has 140 valence electrons. The number of likely N-dealkylation sites (N-methyl/N-ethyl adjacent to an activating group) is 1. The average Bonchev–Trinajstić information content (AvgIpc) is 2.50. The van der Waals surface area contributed by atoms with Crippen molar-refractivity contribution in [3.8, 4) is 0 Å². The van der Waals surface area contributed by atoms with Crippen LogP contribution in [0.4, 0.5) is 0 Å². The Kier molecular flexibility index (Phi) is 5.02. The van der Waals surface area contributed by atoms with Gasteiger partial charge in [0.15, 0.2) is 0 Å². The molecule has 4 aliphatic rings. The Labute approximate surface area is 153 Å². The maximum atomic E-state index is 12.8. The molecule has 6 nitrogen and oxygen atoms in total. The van der Waals surface area contributed by atoms with Gasteiger partial charge in [-0.1, -0.05) is 0 Å². The second-order valence-electron chi connectivity index (χ2n) is 8.26. The second-order valence-corrected chi connectivity index (χ2v) is 9.06. The Morgan fingerprint density at radius 1 is 1.12 bits per heavy atom. The van der Waals surface area contributed by atoms with Crippen LogP contribution in [-0.2, 0) is 14.4 Å². The van der Waals surface area contributed by atoms with Crippen LogP contribution in [0, 0.1) is 17.3 Å². The third kappa shape index (κ3) is 3.78. The molecule has 0 spiro atoms. The number of hydrogen-bond donors (Lipinski definition) is 3. The topological polar surface area (TPSA) is 87.3 Å². The fourth-order valence-electron chi connectivity index (χ4n) is 5.45. The van der Waals surface area contributed by atoms with Gasteiger partial charge in [-0.3, -0.25) is 14.4 Å². The molecule has 0 radical (unpaired) electrons. The molecule has 4 aliphatic carbocycles. The molecule has 3 amide bonds. The van der Waals surface area contributed by atoms with E-state index in [2.05, 4.69) is 16.0 Å². The number of alkyl halides is 1. The van der Waals surface area contributed by atoms with Gasteiger partial charge in [0.1, 0.15) is 6.04 Å². The second kappa shape index (κ2) is 6.78. The molecule has 0 aromatic rings.